The zero-order valence-corrected chi connectivity index (χ0v) is 17.4. The van der Waals surface area contributed by atoms with Gasteiger partial charge in [0.1, 0.15) is 17.2 Å². The molecule has 0 bridgehead atoms. The quantitative estimate of drug-likeness (QED) is 0.282. The van der Waals surface area contributed by atoms with Gasteiger partial charge >= 0.3 is 0 Å². The van der Waals surface area contributed by atoms with Crippen LogP contribution in [0.5, 0.6) is 0 Å². The van der Waals surface area contributed by atoms with E-state index in [9.17, 15) is 8.78 Å². The van der Waals surface area contributed by atoms with E-state index in [0.29, 0.717) is 17.4 Å². The Morgan fingerprint density at radius 1 is 0.938 bits per heavy atom. The lowest BCUT2D eigenvalue weighted by Gasteiger charge is -2.08. The molecule has 0 saturated heterocycles. The number of para-hydroxylation sites is 1. The van der Waals surface area contributed by atoms with E-state index in [1.54, 1.807) is 28.9 Å². The summed E-state index contributed by atoms with van der Waals surface area (Å²) in [6, 6.07) is 19.9. The van der Waals surface area contributed by atoms with Crippen molar-refractivity contribution in [2.24, 2.45) is 5.10 Å². The monoisotopic (exact) mass is 446 g/mol. The standard InChI is InChI=1S/C23H16F2N6S/c24-17-9-5-15(6-10-17)20(13-31-22-4-2-1-3-19(22)28-30-31)27-29-23-26-21(14-32-23)16-7-11-18(25)12-8-16/h1-12,14H,13H2,(H,26,29)/b27-20-. The molecule has 9 heteroatoms. The minimum Gasteiger partial charge on any atom is -0.252 e. The van der Waals surface area contributed by atoms with E-state index in [0.717, 1.165) is 27.9 Å². The third-order valence-electron chi connectivity index (χ3n) is 4.83. The van der Waals surface area contributed by atoms with Crippen LogP contribution in [-0.4, -0.2) is 25.7 Å². The SMILES string of the molecule is Fc1ccc(/C(Cn2nnc3ccccc32)=N\Nc2nc(-c3ccc(F)cc3)cs2)cc1. The number of fused-ring (bicyclic) bond motifs is 1. The molecule has 0 aliphatic carbocycles. The summed E-state index contributed by atoms with van der Waals surface area (Å²) >= 11 is 1.38. The Balaban J connectivity index is 1.44. The van der Waals surface area contributed by atoms with Gasteiger partial charge in [-0.1, -0.05) is 29.5 Å². The van der Waals surface area contributed by atoms with Crippen molar-refractivity contribution in [3.63, 3.8) is 0 Å². The topological polar surface area (TPSA) is 68.0 Å². The van der Waals surface area contributed by atoms with Gasteiger partial charge in [-0.3, -0.25) is 5.43 Å². The largest absolute Gasteiger partial charge is 0.252 e. The summed E-state index contributed by atoms with van der Waals surface area (Å²) in [5, 5.41) is 15.4. The maximum absolute atomic E-state index is 13.5. The molecule has 0 saturated carbocycles. The molecule has 0 spiro atoms. The highest BCUT2D eigenvalue weighted by molar-refractivity contribution is 7.14. The number of anilines is 1. The predicted octanol–water partition coefficient (Wildman–Crippen LogP) is 5.35. The molecule has 0 amide bonds. The summed E-state index contributed by atoms with van der Waals surface area (Å²) in [4.78, 5) is 4.52. The van der Waals surface area contributed by atoms with Crippen LogP contribution in [0.15, 0.2) is 83.3 Å². The maximum atomic E-state index is 13.5. The van der Waals surface area contributed by atoms with Gasteiger partial charge in [0, 0.05) is 10.9 Å². The summed E-state index contributed by atoms with van der Waals surface area (Å²) in [5.74, 6) is -0.618. The first kappa shape index (κ1) is 20.0. The molecular weight excluding hydrogens is 430 g/mol. The second-order valence-electron chi connectivity index (χ2n) is 6.96. The van der Waals surface area contributed by atoms with Crippen LogP contribution in [-0.2, 0) is 6.54 Å². The summed E-state index contributed by atoms with van der Waals surface area (Å²) in [5.41, 5.74) is 7.55. The third-order valence-corrected chi connectivity index (χ3v) is 5.57. The minimum absolute atomic E-state index is 0.295. The van der Waals surface area contributed by atoms with Crippen molar-refractivity contribution in [2.45, 2.75) is 6.54 Å². The lowest BCUT2D eigenvalue weighted by atomic mass is 10.1. The van der Waals surface area contributed by atoms with Crippen LogP contribution in [0.25, 0.3) is 22.3 Å². The van der Waals surface area contributed by atoms with Gasteiger partial charge in [-0.05, 0) is 54.1 Å². The molecule has 0 fully saturated rings. The Morgan fingerprint density at radius 3 is 2.44 bits per heavy atom. The van der Waals surface area contributed by atoms with Crippen LogP contribution in [0.3, 0.4) is 0 Å². The smallest absolute Gasteiger partial charge is 0.203 e. The summed E-state index contributed by atoms with van der Waals surface area (Å²) in [6.45, 7) is 0.329. The second-order valence-corrected chi connectivity index (χ2v) is 7.82. The number of halogens is 2. The highest BCUT2D eigenvalue weighted by atomic mass is 32.1. The minimum atomic E-state index is -0.323. The van der Waals surface area contributed by atoms with Crippen molar-refractivity contribution in [1.82, 2.24) is 20.0 Å². The number of aromatic nitrogens is 4. The average molecular weight is 446 g/mol. The maximum Gasteiger partial charge on any atom is 0.203 e. The van der Waals surface area contributed by atoms with Crippen LogP contribution in [0.2, 0.25) is 0 Å². The Bertz CT molecular complexity index is 1390. The number of nitrogens with one attached hydrogen (secondary N) is 1. The van der Waals surface area contributed by atoms with Gasteiger partial charge in [0.2, 0.25) is 5.13 Å². The van der Waals surface area contributed by atoms with Crippen molar-refractivity contribution < 1.29 is 8.78 Å². The molecule has 6 nitrogen and oxygen atoms in total. The Hall–Kier alpha value is -3.98. The summed E-state index contributed by atoms with van der Waals surface area (Å²) < 4.78 is 28.4. The zero-order valence-electron chi connectivity index (χ0n) is 16.6. The van der Waals surface area contributed by atoms with E-state index >= 15 is 0 Å². The summed E-state index contributed by atoms with van der Waals surface area (Å²) in [7, 11) is 0. The predicted molar refractivity (Wildman–Crippen MR) is 122 cm³/mol. The van der Waals surface area contributed by atoms with Crippen molar-refractivity contribution in [1.29, 1.82) is 0 Å². The van der Waals surface area contributed by atoms with Crippen molar-refractivity contribution in [2.75, 3.05) is 5.43 Å². The van der Waals surface area contributed by atoms with Gasteiger partial charge in [-0.15, -0.1) is 16.4 Å². The molecule has 32 heavy (non-hydrogen) atoms. The van der Waals surface area contributed by atoms with E-state index in [1.807, 2.05) is 29.6 Å². The van der Waals surface area contributed by atoms with E-state index in [1.165, 1.54) is 35.6 Å². The van der Waals surface area contributed by atoms with Crippen LogP contribution in [0, 0.1) is 11.6 Å². The third kappa shape index (κ3) is 4.23. The molecule has 2 heterocycles. The van der Waals surface area contributed by atoms with Crippen LogP contribution in [0.1, 0.15) is 5.56 Å². The molecular formula is C23H16F2N6S. The molecule has 0 unspecified atom stereocenters. The van der Waals surface area contributed by atoms with Gasteiger partial charge in [-0.25, -0.2) is 18.4 Å². The van der Waals surface area contributed by atoms with Gasteiger partial charge in [-0.2, -0.15) is 5.10 Å². The van der Waals surface area contributed by atoms with Gasteiger partial charge in [0.25, 0.3) is 0 Å². The number of benzene rings is 3. The fourth-order valence-electron chi connectivity index (χ4n) is 3.20. The molecule has 5 aromatic rings. The number of nitrogens with zero attached hydrogens (tertiary/aromatic N) is 5. The van der Waals surface area contributed by atoms with Gasteiger partial charge in [0.05, 0.1) is 23.5 Å². The van der Waals surface area contributed by atoms with Crippen molar-refractivity contribution in [3.05, 3.63) is 95.4 Å². The lowest BCUT2D eigenvalue weighted by Crippen LogP contribution is -2.15. The first-order valence-corrected chi connectivity index (χ1v) is 10.6. The van der Waals surface area contributed by atoms with Crippen molar-refractivity contribution in [3.8, 4) is 11.3 Å². The van der Waals surface area contributed by atoms with Crippen LogP contribution < -0.4 is 5.43 Å². The number of rotatable bonds is 6. The molecule has 0 aliphatic heterocycles. The number of hydrogen-bond acceptors (Lipinski definition) is 6. The molecule has 5 rings (SSSR count). The number of hydrazone groups is 1. The van der Waals surface area contributed by atoms with Crippen LogP contribution in [0.4, 0.5) is 13.9 Å². The Kier molecular flexibility index (Phi) is 5.39. The Labute approximate surface area is 185 Å². The molecule has 2 aromatic heterocycles. The van der Waals surface area contributed by atoms with E-state index in [2.05, 4.69) is 25.8 Å². The normalized spacial score (nSPS) is 11.8. The fraction of sp³-hybridized carbons (Fsp3) is 0.0435. The fourth-order valence-corrected chi connectivity index (χ4v) is 3.86. The molecule has 1 N–H and O–H groups in total. The number of thiazole rings is 1. The highest BCUT2D eigenvalue weighted by Gasteiger charge is 2.11. The first-order valence-electron chi connectivity index (χ1n) is 9.74. The van der Waals surface area contributed by atoms with E-state index in [-0.39, 0.29) is 11.6 Å². The lowest BCUT2D eigenvalue weighted by molar-refractivity contribution is 0.627. The molecule has 0 atom stereocenters. The zero-order chi connectivity index (χ0) is 21.9. The van der Waals surface area contributed by atoms with Crippen molar-refractivity contribution >= 4 is 33.2 Å². The number of hydrogen-bond donors (Lipinski definition) is 1. The first-order chi connectivity index (χ1) is 15.7. The molecule has 0 aliphatic rings. The summed E-state index contributed by atoms with van der Waals surface area (Å²) in [6.07, 6.45) is 0. The van der Waals surface area contributed by atoms with E-state index < -0.39 is 0 Å². The average Bonchev–Trinajstić information content (AvgIpc) is 3.45. The van der Waals surface area contributed by atoms with Gasteiger partial charge in [0.15, 0.2) is 0 Å². The van der Waals surface area contributed by atoms with Crippen LogP contribution >= 0.6 is 11.3 Å². The molecule has 3 aromatic carbocycles. The molecule has 158 valence electrons. The second kappa shape index (κ2) is 8.64. The van der Waals surface area contributed by atoms with E-state index in [4.69, 9.17) is 0 Å². The highest BCUT2D eigenvalue weighted by Crippen LogP contribution is 2.25. The Morgan fingerprint density at radius 2 is 1.66 bits per heavy atom. The molecule has 0 radical (unpaired) electrons. The van der Waals surface area contributed by atoms with Gasteiger partial charge < -0.3 is 0 Å².